The SMILES string of the molecule is Oc1cccc(/C=C\C(O)c2ccccc2)c1. The molecule has 2 heteroatoms. The largest absolute Gasteiger partial charge is 0.508 e. The Morgan fingerprint density at radius 1 is 0.941 bits per heavy atom. The molecular weight excluding hydrogens is 212 g/mol. The van der Waals surface area contributed by atoms with E-state index in [1.165, 1.54) is 0 Å². The minimum Gasteiger partial charge on any atom is -0.508 e. The molecule has 2 N–H and O–H groups in total. The predicted molar refractivity (Wildman–Crippen MR) is 68.5 cm³/mol. The van der Waals surface area contributed by atoms with Gasteiger partial charge in [0.25, 0.3) is 0 Å². The highest BCUT2D eigenvalue weighted by atomic mass is 16.3. The molecule has 2 aromatic rings. The molecular formula is C15H14O2. The smallest absolute Gasteiger partial charge is 0.116 e. The number of phenols is 1. The highest BCUT2D eigenvalue weighted by Crippen LogP contribution is 2.17. The molecule has 0 bridgehead atoms. The van der Waals surface area contributed by atoms with Crippen molar-refractivity contribution in [3.8, 4) is 5.75 Å². The van der Waals surface area contributed by atoms with Crippen LogP contribution in [-0.4, -0.2) is 10.2 Å². The molecule has 0 fully saturated rings. The zero-order valence-corrected chi connectivity index (χ0v) is 9.32. The van der Waals surface area contributed by atoms with Gasteiger partial charge in [0.2, 0.25) is 0 Å². The molecule has 2 aromatic carbocycles. The molecule has 1 unspecified atom stereocenters. The molecule has 0 aliphatic rings. The molecule has 0 amide bonds. The maximum Gasteiger partial charge on any atom is 0.116 e. The van der Waals surface area contributed by atoms with Crippen LogP contribution in [0.5, 0.6) is 5.75 Å². The fraction of sp³-hybridized carbons (Fsp3) is 0.0667. The van der Waals surface area contributed by atoms with Crippen LogP contribution in [-0.2, 0) is 0 Å². The van der Waals surface area contributed by atoms with Gasteiger partial charge >= 0.3 is 0 Å². The average molecular weight is 226 g/mol. The Morgan fingerprint density at radius 2 is 1.71 bits per heavy atom. The van der Waals surface area contributed by atoms with Gasteiger partial charge < -0.3 is 10.2 Å². The summed E-state index contributed by atoms with van der Waals surface area (Å²) in [6.07, 6.45) is 2.86. The van der Waals surface area contributed by atoms with Gasteiger partial charge in [-0.2, -0.15) is 0 Å². The van der Waals surface area contributed by atoms with Crippen molar-refractivity contribution < 1.29 is 10.2 Å². The van der Waals surface area contributed by atoms with E-state index in [9.17, 15) is 10.2 Å². The number of aliphatic hydroxyl groups excluding tert-OH is 1. The molecule has 2 rings (SSSR count). The fourth-order valence-electron chi connectivity index (χ4n) is 1.59. The number of aliphatic hydroxyl groups is 1. The van der Waals surface area contributed by atoms with Crippen molar-refractivity contribution in [3.05, 3.63) is 71.8 Å². The first-order valence-corrected chi connectivity index (χ1v) is 5.46. The monoisotopic (exact) mass is 226 g/mol. The Hall–Kier alpha value is -2.06. The Bertz CT molecular complexity index is 503. The van der Waals surface area contributed by atoms with E-state index in [-0.39, 0.29) is 5.75 Å². The van der Waals surface area contributed by atoms with Gasteiger partial charge in [-0.1, -0.05) is 54.6 Å². The van der Waals surface area contributed by atoms with Crippen LogP contribution in [0.2, 0.25) is 0 Å². The molecule has 0 aromatic heterocycles. The fourth-order valence-corrected chi connectivity index (χ4v) is 1.59. The first-order chi connectivity index (χ1) is 8.25. The van der Waals surface area contributed by atoms with Gasteiger partial charge in [-0.05, 0) is 23.3 Å². The van der Waals surface area contributed by atoms with Crippen molar-refractivity contribution in [1.82, 2.24) is 0 Å². The summed E-state index contributed by atoms with van der Waals surface area (Å²) in [5.74, 6) is 0.223. The summed E-state index contributed by atoms with van der Waals surface area (Å²) in [6, 6.07) is 16.3. The maximum absolute atomic E-state index is 9.90. The van der Waals surface area contributed by atoms with E-state index < -0.39 is 6.10 Å². The maximum atomic E-state index is 9.90. The van der Waals surface area contributed by atoms with E-state index in [1.807, 2.05) is 36.4 Å². The van der Waals surface area contributed by atoms with Crippen LogP contribution in [0.3, 0.4) is 0 Å². The second-order valence-electron chi connectivity index (χ2n) is 3.81. The van der Waals surface area contributed by atoms with Gasteiger partial charge in [0.15, 0.2) is 0 Å². The van der Waals surface area contributed by atoms with Crippen molar-refractivity contribution in [2.24, 2.45) is 0 Å². The van der Waals surface area contributed by atoms with E-state index in [1.54, 1.807) is 30.4 Å². The summed E-state index contributed by atoms with van der Waals surface area (Å²) < 4.78 is 0. The Kier molecular flexibility index (Phi) is 3.58. The normalized spacial score (nSPS) is 12.8. The quantitative estimate of drug-likeness (QED) is 0.844. The molecule has 17 heavy (non-hydrogen) atoms. The summed E-state index contributed by atoms with van der Waals surface area (Å²) >= 11 is 0. The third-order valence-corrected chi connectivity index (χ3v) is 2.48. The lowest BCUT2D eigenvalue weighted by molar-refractivity contribution is 0.229. The molecule has 1 atom stereocenters. The van der Waals surface area contributed by atoms with Gasteiger partial charge in [0, 0.05) is 0 Å². The highest BCUT2D eigenvalue weighted by Gasteiger charge is 2.01. The van der Waals surface area contributed by atoms with Gasteiger partial charge in [0.05, 0.1) is 6.10 Å². The van der Waals surface area contributed by atoms with E-state index in [0.717, 1.165) is 11.1 Å². The van der Waals surface area contributed by atoms with Crippen LogP contribution >= 0.6 is 0 Å². The van der Waals surface area contributed by atoms with Gasteiger partial charge in [0.1, 0.15) is 5.75 Å². The first kappa shape index (κ1) is 11.4. The number of aromatic hydroxyl groups is 1. The predicted octanol–water partition coefficient (Wildman–Crippen LogP) is 3.14. The second kappa shape index (κ2) is 5.32. The average Bonchev–Trinajstić information content (AvgIpc) is 2.37. The van der Waals surface area contributed by atoms with E-state index in [4.69, 9.17) is 0 Å². The van der Waals surface area contributed by atoms with Crippen LogP contribution < -0.4 is 0 Å². The van der Waals surface area contributed by atoms with Crippen LogP contribution in [0.4, 0.5) is 0 Å². The Labute approximate surface area is 100 Å². The zero-order valence-electron chi connectivity index (χ0n) is 9.32. The summed E-state index contributed by atoms with van der Waals surface area (Å²) in [5.41, 5.74) is 1.71. The Morgan fingerprint density at radius 3 is 2.41 bits per heavy atom. The molecule has 86 valence electrons. The summed E-state index contributed by atoms with van der Waals surface area (Å²) in [5, 5.41) is 19.2. The van der Waals surface area contributed by atoms with Gasteiger partial charge in [-0.3, -0.25) is 0 Å². The lowest BCUT2D eigenvalue weighted by Gasteiger charge is -2.05. The zero-order chi connectivity index (χ0) is 12.1. The van der Waals surface area contributed by atoms with Crippen LogP contribution in [0.15, 0.2) is 60.7 Å². The van der Waals surface area contributed by atoms with Gasteiger partial charge in [-0.25, -0.2) is 0 Å². The number of benzene rings is 2. The summed E-state index contributed by atoms with van der Waals surface area (Å²) in [6.45, 7) is 0. The molecule has 0 saturated heterocycles. The molecule has 0 spiro atoms. The second-order valence-corrected chi connectivity index (χ2v) is 3.81. The van der Waals surface area contributed by atoms with Crippen molar-refractivity contribution in [1.29, 1.82) is 0 Å². The number of hydrogen-bond acceptors (Lipinski definition) is 2. The molecule has 0 aliphatic heterocycles. The van der Waals surface area contributed by atoms with E-state index in [0.29, 0.717) is 0 Å². The number of rotatable bonds is 3. The number of phenolic OH excluding ortho intramolecular Hbond substituents is 1. The Balaban J connectivity index is 2.11. The molecule has 0 radical (unpaired) electrons. The first-order valence-electron chi connectivity index (χ1n) is 5.46. The molecule has 0 heterocycles. The highest BCUT2D eigenvalue weighted by molar-refractivity contribution is 5.52. The molecule has 2 nitrogen and oxygen atoms in total. The van der Waals surface area contributed by atoms with Crippen LogP contribution in [0.25, 0.3) is 6.08 Å². The van der Waals surface area contributed by atoms with Crippen molar-refractivity contribution >= 4 is 6.08 Å². The third kappa shape index (κ3) is 3.20. The van der Waals surface area contributed by atoms with E-state index in [2.05, 4.69) is 0 Å². The lowest BCUT2D eigenvalue weighted by atomic mass is 10.1. The summed E-state index contributed by atoms with van der Waals surface area (Å²) in [4.78, 5) is 0. The van der Waals surface area contributed by atoms with E-state index >= 15 is 0 Å². The topological polar surface area (TPSA) is 40.5 Å². The standard InChI is InChI=1S/C15H14O2/c16-14-8-4-5-12(11-14)9-10-15(17)13-6-2-1-3-7-13/h1-11,15-17H/b10-9-. The third-order valence-electron chi connectivity index (χ3n) is 2.48. The molecule has 0 saturated carbocycles. The number of hydrogen-bond donors (Lipinski definition) is 2. The van der Waals surface area contributed by atoms with Crippen molar-refractivity contribution in [2.45, 2.75) is 6.10 Å². The minimum atomic E-state index is -0.626. The van der Waals surface area contributed by atoms with Crippen molar-refractivity contribution in [2.75, 3.05) is 0 Å². The van der Waals surface area contributed by atoms with Crippen LogP contribution in [0, 0.1) is 0 Å². The summed E-state index contributed by atoms with van der Waals surface area (Å²) in [7, 11) is 0. The van der Waals surface area contributed by atoms with Crippen molar-refractivity contribution in [3.63, 3.8) is 0 Å². The van der Waals surface area contributed by atoms with Crippen LogP contribution in [0.1, 0.15) is 17.2 Å². The minimum absolute atomic E-state index is 0.223. The van der Waals surface area contributed by atoms with Gasteiger partial charge in [-0.15, -0.1) is 0 Å². The molecule has 0 aliphatic carbocycles. The lowest BCUT2D eigenvalue weighted by Crippen LogP contribution is -1.91.